The Labute approximate surface area is 176 Å². The first-order chi connectivity index (χ1) is 14.8. The fourth-order valence-electron chi connectivity index (χ4n) is 3.36. The highest BCUT2D eigenvalue weighted by molar-refractivity contribution is 5.78. The van der Waals surface area contributed by atoms with Gasteiger partial charge in [0.15, 0.2) is 6.23 Å². The summed E-state index contributed by atoms with van der Waals surface area (Å²) in [7, 11) is 0. The summed E-state index contributed by atoms with van der Waals surface area (Å²) in [6, 6.07) is 16.4. The Morgan fingerprint density at radius 1 is 1.00 bits per heavy atom. The van der Waals surface area contributed by atoms with Crippen LogP contribution in [0.15, 0.2) is 73.1 Å². The Kier molecular flexibility index (Phi) is 5.48. The van der Waals surface area contributed by atoms with E-state index >= 15 is 0 Å². The fourth-order valence-corrected chi connectivity index (χ4v) is 3.36. The summed E-state index contributed by atoms with van der Waals surface area (Å²) in [6.07, 6.45) is -2.76. The first kappa shape index (κ1) is 20.6. The minimum absolute atomic E-state index is 0.114. The molecule has 2 aromatic heterocycles. The van der Waals surface area contributed by atoms with Gasteiger partial charge in [0.1, 0.15) is 0 Å². The van der Waals surface area contributed by atoms with Gasteiger partial charge in [0, 0.05) is 28.6 Å². The summed E-state index contributed by atoms with van der Waals surface area (Å²) in [6.45, 7) is 1.86. The molecule has 158 valence electrons. The Balaban J connectivity index is 1.71. The SMILES string of the molecule is Cc1cc(-c2ccccc2)c(NC(O)c2ccc(C(F)(F)F)c(-c3cc[nH]n3)c2)cn1. The van der Waals surface area contributed by atoms with Crippen molar-refractivity contribution in [2.24, 2.45) is 0 Å². The van der Waals surface area contributed by atoms with Gasteiger partial charge in [-0.25, -0.2) is 0 Å². The molecule has 0 amide bonds. The molecule has 0 aliphatic heterocycles. The van der Waals surface area contributed by atoms with E-state index in [4.69, 9.17) is 0 Å². The van der Waals surface area contributed by atoms with Crippen LogP contribution in [0, 0.1) is 6.92 Å². The van der Waals surface area contributed by atoms with Gasteiger partial charge in [-0.3, -0.25) is 10.1 Å². The lowest BCUT2D eigenvalue weighted by atomic mass is 9.99. The predicted octanol–water partition coefficient (Wildman–Crippen LogP) is 5.57. The highest BCUT2D eigenvalue weighted by atomic mass is 19.4. The number of aromatic amines is 1. The molecule has 0 saturated carbocycles. The topological polar surface area (TPSA) is 73.8 Å². The molecule has 2 aromatic carbocycles. The summed E-state index contributed by atoms with van der Waals surface area (Å²) in [5.41, 5.74) is 2.59. The minimum Gasteiger partial charge on any atom is -0.369 e. The lowest BCUT2D eigenvalue weighted by molar-refractivity contribution is -0.137. The van der Waals surface area contributed by atoms with Crippen LogP contribution in [0.1, 0.15) is 23.0 Å². The number of pyridine rings is 1. The maximum atomic E-state index is 13.5. The van der Waals surface area contributed by atoms with E-state index in [9.17, 15) is 18.3 Å². The number of anilines is 1. The number of rotatable bonds is 5. The summed E-state index contributed by atoms with van der Waals surface area (Å²) in [5, 5.41) is 20.1. The van der Waals surface area contributed by atoms with Gasteiger partial charge >= 0.3 is 6.18 Å². The molecule has 4 aromatic rings. The van der Waals surface area contributed by atoms with E-state index in [2.05, 4.69) is 20.5 Å². The van der Waals surface area contributed by atoms with E-state index < -0.39 is 18.0 Å². The van der Waals surface area contributed by atoms with Crippen molar-refractivity contribution in [1.29, 1.82) is 0 Å². The van der Waals surface area contributed by atoms with Crippen LogP contribution in [0.25, 0.3) is 22.4 Å². The van der Waals surface area contributed by atoms with Crippen LogP contribution in [0.4, 0.5) is 18.9 Å². The second-order valence-corrected chi connectivity index (χ2v) is 7.05. The molecular weight excluding hydrogens is 405 g/mol. The number of H-pyrrole nitrogens is 1. The number of nitrogens with zero attached hydrogens (tertiary/aromatic N) is 2. The number of halogens is 3. The van der Waals surface area contributed by atoms with E-state index in [-0.39, 0.29) is 16.8 Å². The van der Waals surface area contributed by atoms with Gasteiger partial charge < -0.3 is 10.4 Å². The lowest BCUT2D eigenvalue weighted by Crippen LogP contribution is -2.13. The van der Waals surface area contributed by atoms with Crippen LogP contribution in [0.3, 0.4) is 0 Å². The smallest absolute Gasteiger partial charge is 0.369 e. The Bertz CT molecular complexity index is 1180. The highest BCUT2D eigenvalue weighted by Gasteiger charge is 2.34. The molecule has 0 radical (unpaired) electrons. The van der Waals surface area contributed by atoms with Crippen molar-refractivity contribution < 1.29 is 18.3 Å². The molecule has 5 nitrogen and oxygen atoms in total. The average molecular weight is 424 g/mol. The summed E-state index contributed by atoms with van der Waals surface area (Å²) in [4.78, 5) is 4.28. The normalized spacial score (nSPS) is 12.5. The largest absolute Gasteiger partial charge is 0.417 e. The number of aryl methyl sites for hydroxylation is 1. The number of benzene rings is 2. The highest BCUT2D eigenvalue weighted by Crippen LogP contribution is 2.38. The number of aliphatic hydroxyl groups is 1. The van der Waals surface area contributed by atoms with Gasteiger partial charge in [0.25, 0.3) is 0 Å². The van der Waals surface area contributed by atoms with Crippen molar-refractivity contribution in [3.63, 3.8) is 0 Å². The van der Waals surface area contributed by atoms with Crippen molar-refractivity contribution in [3.05, 3.63) is 89.9 Å². The molecule has 0 saturated heterocycles. The number of aliphatic hydroxyl groups excluding tert-OH is 1. The molecule has 0 aliphatic carbocycles. The molecule has 4 rings (SSSR count). The molecule has 1 atom stereocenters. The third-order valence-corrected chi connectivity index (χ3v) is 4.86. The summed E-state index contributed by atoms with van der Waals surface area (Å²) >= 11 is 0. The van der Waals surface area contributed by atoms with E-state index in [1.54, 1.807) is 6.20 Å². The standard InChI is InChI=1S/C23H19F3N4O/c1-14-11-17(15-5-3-2-4-6-15)21(13-27-14)29-22(31)16-7-8-19(23(24,25)26)18(12-16)20-9-10-28-30-20/h2-13,22,29,31H,1H3,(H,28,30). The zero-order valence-electron chi connectivity index (χ0n) is 16.5. The van der Waals surface area contributed by atoms with Gasteiger partial charge in [0.2, 0.25) is 0 Å². The van der Waals surface area contributed by atoms with Crippen molar-refractivity contribution in [2.75, 3.05) is 5.32 Å². The van der Waals surface area contributed by atoms with Crippen LogP contribution in [-0.4, -0.2) is 20.3 Å². The van der Waals surface area contributed by atoms with E-state index in [0.717, 1.165) is 22.9 Å². The van der Waals surface area contributed by atoms with Gasteiger partial charge in [-0.2, -0.15) is 18.3 Å². The van der Waals surface area contributed by atoms with Gasteiger partial charge in [-0.1, -0.05) is 36.4 Å². The van der Waals surface area contributed by atoms with Gasteiger partial charge in [-0.15, -0.1) is 0 Å². The molecule has 2 heterocycles. The zero-order valence-corrected chi connectivity index (χ0v) is 16.5. The molecule has 1 unspecified atom stereocenters. The van der Waals surface area contributed by atoms with Crippen molar-refractivity contribution in [3.8, 4) is 22.4 Å². The molecule has 3 N–H and O–H groups in total. The average Bonchev–Trinajstić information content (AvgIpc) is 3.29. The molecule has 0 bridgehead atoms. The van der Waals surface area contributed by atoms with E-state index in [0.29, 0.717) is 5.69 Å². The van der Waals surface area contributed by atoms with Gasteiger partial charge in [0.05, 0.1) is 23.1 Å². The van der Waals surface area contributed by atoms with Crippen molar-refractivity contribution >= 4 is 5.69 Å². The van der Waals surface area contributed by atoms with Crippen LogP contribution in [0.5, 0.6) is 0 Å². The second-order valence-electron chi connectivity index (χ2n) is 7.05. The van der Waals surface area contributed by atoms with E-state index in [1.165, 1.54) is 24.4 Å². The number of hydrogen-bond acceptors (Lipinski definition) is 4. The summed E-state index contributed by atoms with van der Waals surface area (Å²) < 4.78 is 40.4. The van der Waals surface area contributed by atoms with Crippen LogP contribution in [0.2, 0.25) is 0 Å². The first-order valence-corrected chi connectivity index (χ1v) is 9.51. The summed E-state index contributed by atoms with van der Waals surface area (Å²) in [5.74, 6) is 0. The number of aromatic nitrogens is 3. The van der Waals surface area contributed by atoms with Crippen LogP contribution in [-0.2, 0) is 6.18 Å². The molecule has 0 fully saturated rings. The minimum atomic E-state index is -4.55. The molecule has 8 heteroatoms. The zero-order chi connectivity index (χ0) is 22.0. The monoisotopic (exact) mass is 424 g/mol. The van der Waals surface area contributed by atoms with Crippen LogP contribution < -0.4 is 5.32 Å². The third kappa shape index (κ3) is 4.44. The maximum Gasteiger partial charge on any atom is 0.417 e. The quantitative estimate of drug-likeness (QED) is 0.366. The predicted molar refractivity (Wildman–Crippen MR) is 112 cm³/mol. The molecular formula is C23H19F3N4O. The molecule has 31 heavy (non-hydrogen) atoms. The molecule has 0 spiro atoms. The Morgan fingerprint density at radius 3 is 2.45 bits per heavy atom. The van der Waals surface area contributed by atoms with Crippen molar-refractivity contribution in [2.45, 2.75) is 19.3 Å². The van der Waals surface area contributed by atoms with Crippen LogP contribution >= 0.6 is 0 Å². The first-order valence-electron chi connectivity index (χ1n) is 9.51. The Hall–Kier alpha value is -3.65. The third-order valence-electron chi connectivity index (χ3n) is 4.86. The fraction of sp³-hybridized carbons (Fsp3) is 0.130. The Morgan fingerprint density at radius 2 is 1.77 bits per heavy atom. The maximum absolute atomic E-state index is 13.5. The number of hydrogen-bond donors (Lipinski definition) is 3. The lowest BCUT2D eigenvalue weighted by Gasteiger charge is -2.20. The number of nitrogens with one attached hydrogen (secondary N) is 2. The van der Waals surface area contributed by atoms with E-state index in [1.807, 2.05) is 43.3 Å². The second kappa shape index (κ2) is 8.23. The van der Waals surface area contributed by atoms with Crippen molar-refractivity contribution in [1.82, 2.24) is 15.2 Å². The van der Waals surface area contributed by atoms with Gasteiger partial charge in [-0.05, 0) is 36.8 Å². The molecule has 0 aliphatic rings. The number of alkyl halides is 3.